The summed E-state index contributed by atoms with van der Waals surface area (Å²) in [7, 11) is 1.74. The number of hydrogen-bond donors (Lipinski definition) is 2. The summed E-state index contributed by atoms with van der Waals surface area (Å²) in [5, 5.41) is 15.1. The Morgan fingerprint density at radius 3 is 2.71 bits per heavy atom. The maximum absolute atomic E-state index is 5.84. The van der Waals surface area contributed by atoms with Crippen LogP contribution in [0, 0.1) is 0 Å². The molecule has 130 valence electrons. The third-order valence-corrected chi connectivity index (χ3v) is 3.61. The Labute approximate surface area is 147 Å². The first kappa shape index (κ1) is 18.1. The smallest absolute Gasteiger partial charge is 0.191 e. The van der Waals surface area contributed by atoms with Gasteiger partial charge in [-0.15, -0.1) is 10.2 Å². The molecule has 0 aliphatic heterocycles. The van der Waals surface area contributed by atoms with Crippen LogP contribution in [0.25, 0.3) is 0 Å². The third-order valence-electron chi connectivity index (χ3n) is 3.36. The molecule has 24 heavy (non-hydrogen) atoms. The molecule has 2 N–H and O–H groups in total. The summed E-state index contributed by atoms with van der Waals surface area (Å²) < 4.78 is 7.66. The molecule has 0 aliphatic carbocycles. The van der Waals surface area contributed by atoms with E-state index in [1.54, 1.807) is 25.5 Å². The van der Waals surface area contributed by atoms with E-state index in [9.17, 15) is 0 Å². The minimum Gasteiger partial charge on any atom is -0.492 e. The predicted octanol–water partition coefficient (Wildman–Crippen LogP) is 1.74. The molecule has 2 aromatic rings. The second-order valence-electron chi connectivity index (χ2n) is 5.02. The Balaban J connectivity index is 1.64. The minimum absolute atomic E-state index is 0.535. The van der Waals surface area contributed by atoms with E-state index >= 15 is 0 Å². The van der Waals surface area contributed by atoms with Crippen LogP contribution in [0.4, 0.5) is 0 Å². The fourth-order valence-corrected chi connectivity index (χ4v) is 2.25. The van der Waals surface area contributed by atoms with Gasteiger partial charge in [0.1, 0.15) is 24.5 Å². The fraction of sp³-hybridized carbons (Fsp3) is 0.438. The minimum atomic E-state index is 0.535. The highest BCUT2D eigenvalue weighted by Gasteiger charge is 2.02. The highest BCUT2D eigenvalue weighted by Crippen LogP contribution is 2.14. The van der Waals surface area contributed by atoms with Crippen LogP contribution in [0.1, 0.15) is 12.7 Å². The maximum Gasteiger partial charge on any atom is 0.191 e. The number of aliphatic imine (C=N–C) groups is 1. The monoisotopic (exact) mass is 350 g/mol. The van der Waals surface area contributed by atoms with E-state index in [-0.39, 0.29) is 0 Å². The molecule has 0 saturated heterocycles. The predicted molar refractivity (Wildman–Crippen MR) is 95.7 cm³/mol. The standard InChI is InChI=1S/C16H23ClN6O/c1-3-15-22-21-12-23(15)10-8-19-16(18-2)20-9-11-24-14-6-4-13(17)5-7-14/h4-7,12H,3,8-11H2,1-2H3,(H2,18,19,20). The molecule has 0 bridgehead atoms. The Kier molecular flexibility index (Phi) is 7.35. The Bertz CT molecular complexity index is 640. The van der Waals surface area contributed by atoms with Gasteiger partial charge in [0.05, 0.1) is 6.54 Å². The van der Waals surface area contributed by atoms with Gasteiger partial charge < -0.3 is 19.9 Å². The van der Waals surface area contributed by atoms with Crippen molar-refractivity contribution in [2.24, 2.45) is 4.99 Å². The lowest BCUT2D eigenvalue weighted by molar-refractivity contribution is 0.322. The van der Waals surface area contributed by atoms with Crippen molar-refractivity contribution < 1.29 is 4.74 Å². The number of guanidine groups is 1. The third kappa shape index (κ3) is 5.73. The first-order valence-corrected chi connectivity index (χ1v) is 8.30. The van der Waals surface area contributed by atoms with Gasteiger partial charge in [-0.3, -0.25) is 4.99 Å². The average Bonchev–Trinajstić information content (AvgIpc) is 3.06. The number of nitrogens with zero attached hydrogens (tertiary/aromatic N) is 4. The number of aryl methyl sites for hydroxylation is 1. The molecule has 1 aromatic carbocycles. The summed E-state index contributed by atoms with van der Waals surface area (Å²) in [5.74, 6) is 2.51. The van der Waals surface area contributed by atoms with Gasteiger partial charge in [0.25, 0.3) is 0 Å². The molecular weight excluding hydrogens is 328 g/mol. The Hall–Kier alpha value is -2.28. The van der Waals surface area contributed by atoms with E-state index < -0.39 is 0 Å². The van der Waals surface area contributed by atoms with Crippen LogP contribution in [0.3, 0.4) is 0 Å². The molecule has 0 atom stereocenters. The van der Waals surface area contributed by atoms with Gasteiger partial charge in [0, 0.05) is 31.6 Å². The highest BCUT2D eigenvalue weighted by molar-refractivity contribution is 6.30. The van der Waals surface area contributed by atoms with E-state index in [0.717, 1.165) is 37.0 Å². The zero-order valence-corrected chi connectivity index (χ0v) is 14.8. The van der Waals surface area contributed by atoms with Crippen molar-refractivity contribution in [1.82, 2.24) is 25.4 Å². The van der Waals surface area contributed by atoms with Crippen LogP contribution >= 0.6 is 11.6 Å². The summed E-state index contributed by atoms with van der Waals surface area (Å²) in [6, 6.07) is 7.31. The quantitative estimate of drug-likeness (QED) is 0.431. The lowest BCUT2D eigenvalue weighted by Crippen LogP contribution is -2.40. The van der Waals surface area contributed by atoms with Crippen LogP contribution < -0.4 is 15.4 Å². The van der Waals surface area contributed by atoms with Gasteiger partial charge in [-0.2, -0.15) is 0 Å². The molecule has 2 rings (SSSR count). The Morgan fingerprint density at radius 2 is 2.00 bits per heavy atom. The SMILES string of the molecule is CCc1nncn1CCNC(=NC)NCCOc1ccc(Cl)cc1. The largest absolute Gasteiger partial charge is 0.492 e. The fourth-order valence-electron chi connectivity index (χ4n) is 2.12. The molecule has 0 fully saturated rings. The molecular formula is C16H23ClN6O. The second kappa shape index (κ2) is 9.77. The van der Waals surface area contributed by atoms with Gasteiger partial charge in [0.15, 0.2) is 5.96 Å². The van der Waals surface area contributed by atoms with E-state index in [4.69, 9.17) is 16.3 Å². The molecule has 1 aromatic heterocycles. The van der Waals surface area contributed by atoms with Crippen LogP contribution in [0.15, 0.2) is 35.6 Å². The van der Waals surface area contributed by atoms with Gasteiger partial charge in [-0.25, -0.2) is 0 Å². The summed E-state index contributed by atoms with van der Waals surface area (Å²) in [4.78, 5) is 4.19. The number of nitrogens with one attached hydrogen (secondary N) is 2. The molecule has 0 aliphatic rings. The van der Waals surface area contributed by atoms with Crippen LogP contribution in [0.2, 0.25) is 5.02 Å². The Morgan fingerprint density at radius 1 is 1.25 bits per heavy atom. The molecule has 7 nitrogen and oxygen atoms in total. The van der Waals surface area contributed by atoms with Gasteiger partial charge in [0.2, 0.25) is 0 Å². The lowest BCUT2D eigenvalue weighted by Gasteiger charge is -2.13. The number of hydrogen-bond acceptors (Lipinski definition) is 4. The zero-order valence-electron chi connectivity index (χ0n) is 14.0. The summed E-state index contributed by atoms with van der Waals surface area (Å²) in [6.45, 7) is 4.78. The number of ether oxygens (including phenoxy) is 1. The van der Waals surface area contributed by atoms with Crippen molar-refractivity contribution in [3.8, 4) is 5.75 Å². The number of aromatic nitrogens is 3. The maximum atomic E-state index is 5.84. The van der Waals surface area contributed by atoms with Crippen molar-refractivity contribution in [1.29, 1.82) is 0 Å². The molecule has 0 saturated carbocycles. The molecule has 0 amide bonds. The zero-order chi connectivity index (χ0) is 17.2. The highest BCUT2D eigenvalue weighted by atomic mass is 35.5. The van der Waals surface area contributed by atoms with E-state index in [1.807, 2.05) is 16.7 Å². The second-order valence-corrected chi connectivity index (χ2v) is 5.46. The first-order chi connectivity index (χ1) is 11.7. The van der Waals surface area contributed by atoms with Crippen molar-refractivity contribution in [3.05, 3.63) is 41.4 Å². The molecule has 0 spiro atoms. The lowest BCUT2D eigenvalue weighted by atomic mass is 10.3. The van der Waals surface area contributed by atoms with Gasteiger partial charge >= 0.3 is 0 Å². The van der Waals surface area contributed by atoms with Gasteiger partial charge in [-0.1, -0.05) is 18.5 Å². The number of rotatable bonds is 8. The molecule has 0 radical (unpaired) electrons. The van der Waals surface area contributed by atoms with Crippen molar-refractivity contribution in [3.63, 3.8) is 0 Å². The summed E-state index contributed by atoms with van der Waals surface area (Å²) >= 11 is 5.84. The first-order valence-electron chi connectivity index (χ1n) is 7.92. The summed E-state index contributed by atoms with van der Waals surface area (Å²) in [6.07, 6.45) is 2.62. The van der Waals surface area contributed by atoms with Gasteiger partial charge in [-0.05, 0) is 24.3 Å². The van der Waals surface area contributed by atoms with Crippen LogP contribution in [0.5, 0.6) is 5.75 Å². The molecule has 8 heteroatoms. The van der Waals surface area contributed by atoms with E-state index in [1.165, 1.54) is 0 Å². The topological polar surface area (TPSA) is 76.4 Å². The van der Waals surface area contributed by atoms with Crippen LogP contribution in [-0.2, 0) is 13.0 Å². The molecule has 0 unspecified atom stereocenters. The van der Waals surface area contributed by atoms with Crippen molar-refractivity contribution >= 4 is 17.6 Å². The number of benzene rings is 1. The number of halogens is 1. The normalized spacial score (nSPS) is 11.4. The average molecular weight is 351 g/mol. The van der Waals surface area contributed by atoms with E-state index in [0.29, 0.717) is 18.2 Å². The summed E-state index contributed by atoms with van der Waals surface area (Å²) in [5.41, 5.74) is 0. The van der Waals surface area contributed by atoms with Crippen LogP contribution in [-0.4, -0.2) is 47.5 Å². The molecule has 1 heterocycles. The van der Waals surface area contributed by atoms with E-state index in [2.05, 4.69) is 32.7 Å². The van der Waals surface area contributed by atoms with Crippen molar-refractivity contribution in [2.75, 3.05) is 26.7 Å². The van der Waals surface area contributed by atoms with Crippen molar-refractivity contribution in [2.45, 2.75) is 19.9 Å².